The summed E-state index contributed by atoms with van der Waals surface area (Å²) in [6, 6.07) is 5.37. The van der Waals surface area contributed by atoms with Crippen LogP contribution >= 0.6 is 0 Å². The molecule has 2 heterocycles. The van der Waals surface area contributed by atoms with Crippen molar-refractivity contribution in [1.29, 1.82) is 0 Å². The first-order chi connectivity index (χ1) is 8.70. The van der Waals surface area contributed by atoms with Crippen molar-refractivity contribution in [2.75, 3.05) is 7.11 Å². The molecule has 0 fully saturated rings. The van der Waals surface area contributed by atoms with Crippen LogP contribution in [0, 0.1) is 0 Å². The number of carbonyl (C=O) groups is 1. The van der Waals surface area contributed by atoms with E-state index in [1.807, 2.05) is 12.1 Å². The van der Waals surface area contributed by atoms with E-state index in [0.29, 0.717) is 5.56 Å². The molecule has 1 aliphatic rings. The number of rotatable bonds is 2. The Morgan fingerprint density at radius 1 is 1.56 bits per heavy atom. The van der Waals surface area contributed by atoms with Crippen LogP contribution in [0.2, 0.25) is 0 Å². The van der Waals surface area contributed by atoms with E-state index >= 15 is 0 Å². The first-order valence-corrected chi connectivity index (χ1v) is 5.95. The molecule has 1 aliphatic heterocycles. The summed E-state index contributed by atoms with van der Waals surface area (Å²) >= 11 is 0. The highest BCUT2D eigenvalue weighted by molar-refractivity contribution is 5.81. The Kier molecular flexibility index (Phi) is 2.56. The molecule has 0 amide bonds. The third kappa shape index (κ3) is 1.59. The van der Waals surface area contributed by atoms with Crippen molar-refractivity contribution in [3.05, 3.63) is 29.6 Å². The zero-order chi connectivity index (χ0) is 12.7. The minimum atomic E-state index is -1.23. The number of benzene rings is 1. The van der Waals surface area contributed by atoms with Crippen LogP contribution in [0.15, 0.2) is 18.2 Å². The van der Waals surface area contributed by atoms with Crippen molar-refractivity contribution in [3.63, 3.8) is 0 Å². The molecule has 0 saturated heterocycles. The summed E-state index contributed by atoms with van der Waals surface area (Å²) in [7, 11) is 1.26. The van der Waals surface area contributed by atoms with Crippen molar-refractivity contribution in [2.24, 2.45) is 0 Å². The smallest absolute Gasteiger partial charge is 0.339 e. The summed E-state index contributed by atoms with van der Waals surface area (Å²) < 4.78 is 6.68. The highest BCUT2D eigenvalue weighted by Gasteiger charge is 2.21. The lowest BCUT2D eigenvalue weighted by molar-refractivity contribution is -0.150. The van der Waals surface area contributed by atoms with Gasteiger partial charge in [0.2, 0.25) is 0 Å². The molecule has 5 heteroatoms. The van der Waals surface area contributed by atoms with Crippen LogP contribution in [0.4, 0.5) is 0 Å². The number of aryl methyl sites for hydroxylation is 2. The number of ether oxygens (including phenoxy) is 1. The van der Waals surface area contributed by atoms with Gasteiger partial charge in [0, 0.05) is 13.0 Å². The third-order valence-corrected chi connectivity index (χ3v) is 3.37. The Morgan fingerprint density at radius 3 is 3.17 bits per heavy atom. The van der Waals surface area contributed by atoms with Gasteiger partial charge in [-0.3, -0.25) is 0 Å². The van der Waals surface area contributed by atoms with E-state index in [1.165, 1.54) is 7.11 Å². The lowest BCUT2D eigenvalue weighted by Gasteiger charge is -2.09. The van der Waals surface area contributed by atoms with E-state index in [9.17, 15) is 9.90 Å². The first-order valence-electron chi connectivity index (χ1n) is 5.95. The Balaban J connectivity index is 2.07. The summed E-state index contributed by atoms with van der Waals surface area (Å²) in [5.41, 5.74) is 2.43. The fourth-order valence-electron chi connectivity index (χ4n) is 2.44. The molecule has 1 aromatic carbocycles. The van der Waals surface area contributed by atoms with Crippen LogP contribution in [0.25, 0.3) is 11.0 Å². The number of methoxy groups -OCH3 is 1. The summed E-state index contributed by atoms with van der Waals surface area (Å²) in [6.07, 6.45) is 0.859. The lowest BCUT2D eigenvalue weighted by Crippen LogP contribution is -2.13. The van der Waals surface area contributed by atoms with Gasteiger partial charge in [0.15, 0.2) is 6.10 Å². The predicted molar refractivity (Wildman–Crippen MR) is 65.0 cm³/mol. The minimum Gasteiger partial charge on any atom is -0.467 e. The van der Waals surface area contributed by atoms with Crippen LogP contribution in [0.5, 0.6) is 0 Å². The number of imidazole rings is 1. The Hall–Kier alpha value is -1.88. The van der Waals surface area contributed by atoms with Gasteiger partial charge in [-0.1, -0.05) is 6.07 Å². The molecular formula is C13H14N2O3. The summed E-state index contributed by atoms with van der Waals surface area (Å²) in [5, 5.41) is 9.83. The maximum atomic E-state index is 11.3. The fourth-order valence-corrected chi connectivity index (χ4v) is 2.44. The summed E-state index contributed by atoms with van der Waals surface area (Å²) in [4.78, 5) is 15.8. The maximum absolute atomic E-state index is 11.3. The molecule has 1 N–H and O–H groups in total. The molecule has 2 aromatic rings. The number of aliphatic hydroxyl groups is 1. The predicted octanol–water partition coefficient (Wildman–Crippen LogP) is 1.19. The van der Waals surface area contributed by atoms with Crippen molar-refractivity contribution in [2.45, 2.75) is 25.5 Å². The van der Waals surface area contributed by atoms with Gasteiger partial charge in [-0.25, -0.2) is 9.78 Å². The van der Waals surface area contributed by atoms with Gasteiger partial charge < -0.3 is 14.4 Å². The van der Waals surface area contributed by atoms with Gasteiger partial charge in [0.1, 0.15) is 5.82 Å². The van der Waals surface area contributed by atoms with Gasteiger partial charge in [-0.05, 0) is 24.1 Å². The van der Waals surface area contributed by atoms with Gasteiger partial charge in [-0.2, -0.15) is 0 Å². The van der Waals surface area contributed by atoms with Crippen molar-refractivity contribution < 1.29 is 14.6 Å². The molecule has 1 atom stereocenters. The first kappa shape index (κ1) is 11.2. The topological polar surface area (TPSA) is 64.3 Å². The van der Waals surface area contributed by atoms with Crippen molar-refractivity contribution in [1.82, 2.24) is 9.55 Å². The molecule has 5 nitrogen and oxygen atoms in total. The van der Waals surface area contributed by atoms with E-state index in [1.54, 1.807) is 6.07 Å². The van der Waals surface area contributed by atoms with E-state index in [0.717, 1.165) is 36.2 Å². The second-order valence-corrected chi connectivity index (χ2v) is 4.46. The molecule has 1 aromatic heterocycles. The van der Waals surface area contributed by atoms with Gasteiger partial charge >= 0.3 is 5.97 Å². The number of hydrogen-bond acceptors (Lipinski definition) is 4. The van der Waals surface area contributed by atoms with E-state index < -0.39 is 12.1 Å². The second-order valence-electron chi connectivity index (χ2n) is 4.46. The number of aromatic nitrogens is 2. The minimum absolute atomic E-state index is 0.545. The Labute approximate surface area is 104 Å². The average Bonchev–Trinajstić information content (AvgIpc) is 2.96. The SMILES string of the molecule is COC(=O)C(O)c1ccc2nc3n(c2c1)CCC3. The Bertz CT molecular complexity index is 618. The van der Waals surface area contributed by atoms with Crippen LogP contribution in [-0.4, -0.2) is 27.7 Å². The molecule has 0 radical (unpaired) electrons. The molecule has 94 valence electrons. The monoisotopic (exact) mass is 246 g/mol. The number of hydrogen-bond donors (Lipinski definition) is 1. The second kappa shape index (κ2) is 4.10. The molecular weight excluding hydrogens is 232 g/mol. The molecule has 0 spiro atoms. The highest BCUT2D eigenvalue weighted by Crippen LogP contribution is 2.26. The summed E-state index contributed by atoms with van der Waals surface area (Å²) in [5.74, 6) is 0.435. The third-order valence-electron chi connectivity index (χ3n) is 3.37. The number of carbonyl (C=O) groups excluding carboxylic acids is 1. The molecule has 0 aliphatic carbocycles. The standard InChI is InChI=1S/C13H14N2O3/c1-18-13(17)12(16)8-4-5-9-10(7-8)15-6-2-3-11(15)14-9/h4-5,7,12,16H,2-3,6H2,1H3. The quantitative estimate of drug-likeness (QED) is 0.808. The normalized spacial score (nSPS) is 15.7. The summed E-state index contributed by atoms with van der Waals surface area (Å²) in [6.45, 7) is 0.948. The Morgan fingerprint density at radius 2 is 2.39 bits per heavy atom. The number of aliphatic hydroxyl groups excluding tert-OH is 1. The lowest BCUT2D eigenvalue weighted by atomic mass is 10.1. The molecule has 3 rings (SSSR count). The number of nitrogens with zero attached hydrogens (tertiary/aromatic N) is 2. The van der Waals surface area contributed by atoms with E-state index in [-0.39, 0.29) is 0 Å². The van der Waals surface area contributed by atoms with Crippen molar-refractivity contribution in [3.8, 4) is 0 Å². The number of fused-ring (bicyclic) bond motifs is 3. The molecule has 0 bridgehead atoms. The highest BCUT2D eigenvalue weighted by atomic mass is 16.5. The van der Waals surface area contributed by atoms with Gasteiger partial charge in [0.05, 0.1) is 18.1 Å². The average molecular weight is 246 g/mol. The van der Waals surface area contributed by atoms with E-state index in [4.69, 9.17) is 0 Å². The number of esters is 1. The molecule has 0 saturated carbocycles. The maximum Gasteiger partial charge on any atom is 0.339 e. The van der Waals surface area contributed by atoms with Gasteiger partial charge in [0.25, 0.3) is 0 Å². The van der Waals surface area contributed by atoms with Crippen LogP contribution in [0.1, 0.15) is 23.9 Å². The van der Waals surface area contributed by atoms with Crippen LogP contribution in [0.3, 0.4) is 0 Å². The fraction of sp³-hybridized carbons (Fsp3) is 0.385. The van der Waals surface area contributed by atoms with Crippen LogP contribution < -0.4 is 0 Å². The molecule has 1 unspecified atom stereocenters. The largest absolute Gasteiger partial charge is 0.467 e. The zero-order valence-electron chi connectivity index (χ0n) is 10.1. The zero-order valence-corrected chi connectivity index (χ0v) is 10.1. The van der Waals surface area contributed by atoms with Crippen LogP contribution in [-0.2, 0) is 22.5 Å². The van der Waals surface area contributed by atoms with Gasteiger partial charge in [-0.15, -0.1) is 0 Å². The van der Waals surface area contributed by atoms with Crippen molar-refractivity contribution >= 4 is 17.0 Å². The molecule has 18 heavy (non-hydrogen) atoms. The van der Waals surface area contributed by atoms with E-state index in [2.05, 4.69) is 14.3 Å².